The third-order valence-corrected chi connectivity index (χ3v) is 3.13. The summed E-state index contributed by atoms with van der Waals surface area (Å²) in [6.45, 7) is 6.17. The van der Waals surface area contributed by atoms with Crippen molar-refractivity contribution in [3.63, 3.8) is 0 Å². The molecule has 0 aliphatic heterocycles. The summed E-state index contributed by atoms with van der Waals surface area (Å²) >= 11 is 0. The molecule has 5 nitrogen and oxygen atoms in total. The molecule has 1 atom stereocenters. The molecule has 1 aromatic carbocycles. The minimum absolute atomic E-state index is 0.0998. The molecule has 1 aromatic rings. The first-order valence-corrected chi connectivity index (χ1v) is 6.75. The fraction of sp³-hybridized carbons (Fsp3) is 0.533. The first-order chi connectivity index (χ1) is 9.23. The van der Waals surface area contributed by atoms with Crippen LogP contribution in [0.1, 0.15) is 26.3 Å². The summed E-state index contributed by atoms with van der Waals surface area (Å²) < 4.78 is 0. The van der Waals surface area contributed by atoms with Crippen LogP contribution in [0.4, 0.5) is 5.69 Å². The fourth-order valence-corrected chi connectivity index (χ4v) is 1.92. The maximum Gasteiger partial charge on any atom is 0.241 e. The average molecular weight is 279 g/mol. The second-order valence-corrected chi connectivity index (χ2v) is 5.79. The van der Waals surface area contributed by atoms with Gasteiger partial charge in [0.15, 0.2) is 0 Å². The topological polar surface area (TPSA) is 78.6 Å². The zero-order valence-corrected chi connectivity index (χ0v) is 12.7. The molecule has 0 heterocycles. The van der Waals surface area contributed by atoms with E-state index in [2.05, 4.69) is 5.32 Å². The Morgan fingerprint density at radius 2 is 1.95 bits per heavy atom. The summed E-state index contributed by atoms with van der Waals surface area (Å²) in [5.41, 5.74) is 6.47. The molecule has 0 aliphatic rings. The van der Waals surface area contributed by atoms with Gasteiger partial charge >= 0.3 is 0 Å². The van der Waals surface area contributed by atoms with E-state index >= 15 is 0 Å². The van der Waals surface area contributed by atoms with Gasteiger partial charge < -0.3 is 16.2 Å². The van der Waals surface area contributed by atoms with Crippen molar-refractivity contribution in [2.75, 3.05) is 18.9 Å². The molecule has 0 saturated heterocycles. The van der Waals surface area contributed by atoms with Gasteiger partial charge in [-0.2, -0.15) is 0 Å². The number of anilines is 1. The molecule has 0 bridgehead atoms. The number of aliphatic hydroxyl groups is 1. The summed E-state index contributed by atoms with van der Waals surface area (Å²) in [7, 11) is 1.82. The third kappa shape index (κ3) is 5.28. The van der Waals surface area contributed by atoms with Gasteiger partial charge in [-0.3, -0.25) is 9.69 Å². The maximum absolute atomic E-state index is 12.1. The lowest BCUT2D eigenvalue weighted by atomic mass is 10.1. The van der Waals surface area contributed by atoms with E-state index in [9.17, 15) is 9.90 Å². The molecule has 0 aliphatic carbocycles. The van der Waals surface area contributed by atoms with Gasteiger partial charge in [0, 0.05) is 18.8 Å². The van der Waals surface area contributed by atoms with Crippen LogP contribution in [0.2, 0.25) is 0 Å². The molecule has 112 valence electrons. The number of likely N-dealkylation sites (N-methyl/N-ethyl adjacent to an activating group) is 1. The van der Waals surface area contributed by atoms with Gasteiger partial charge in [-0.05, 0) is 45.5 Å². The Morgan fingerprint density at radius 1 is 1.40 bits per heavy atom. The molecule has 1 amide bonds. The molecule has 0 saturated carbocycles. The number of carbonyl (C=O) groups is 1. The predicted molar refractivity (Wildman–Crippen MR) is 81.4 cm³/mol. The highest BCUT2D eigenvalue weighted by Crippen LogP contribution is 2.12. The molecule has 1 rings (SSSR count). The molecular weight excluding hydrogens is 254 g/mol. The lowest BCUT2D eigenvalue weighted by Gasteiger charge is -2.29. The highest BCUT2D eigenvalue weighted by molar-refractivity contribution is 5.94. The standard InChI is InChI=1S/C15H25N3O2/c1-11(18(4)10-15(2,3)20)14(19)17-13-7-5-12(9-16)6-8-13/h5-8,11,20H,9-10,16H2,1-4H3,(H,17,19). The minimum Gasteiger partial charge on any atom is -0.389 e. The zero-order valence-electron chi connectivity index (χ0n) is 12.7. The van der Waals surface area contributed by atoms with E-state index in [0.717, 1.165) is 11.3 Å². The normalized spacial score (nSPS) is 13.3. The third-order valence-electron chi connectivity index (χ3n) is 3.13. The summed E-state index contributed by atoms with van der Waals surface area (Å²) in [4.78, 5) is 14.0. The number of carbonyl (C=O) groups excluding carboxylic acids is 1. The van der Waals surface area contributed by atoms with Crippen LogP contribution in [-0.4, -0.2) is 41.1 Å². The van der Waals surface area contributed by atoms with E-state index < -0.39 is 5.60 Å². The number of hydrogen-bond acceptors (Lipinski definition) is 4. The molecule has 0 radical (unpaired) electrons. The van der Waals surface area contributed by atoms with Crippen LogP contribution >= 0.6 is 0 Å². The van der Waals surface area contributed by atoms with Crippen molar-refractivity contribution in [3.05, 3.63) is 29.8 Å². The van der Waals surface area contributed by atoms with Crippen LogP contribution in [0.15, 0.2) is 24.3 Å². The number of benzene rings is 1. The van der Waals surface area contributed by atoms with Crippen LogP contribution in [0.5, 0.6) is 0 Å². The smallest absolute Gasteiger partial charge is 0.241 e. The second-order valence-electron chi connectivity index (χ2n) is 5.79. The summed E-state index contributed by atoms with van der Waals surface area (Å²) in [5.74, 6) is -0.0998. The van der Waals surface area contributed by atoms with E-state index in [4.69, 9.17) is 5.73 Å². The molecular formula is C15H25N3O2. The van der Waals surface area contributed by atoms with E-state index in [1.807, 2.05) is 43.1 Å². The number of nitrogens with zero attached hydrogens (tertiary/aromatic N) is 1. The van der Waals surface area contributed by atoms with Gasteiger partial charge in [0.1, 0.15) is 0 Å². The Bertz CT molecular complexity index is 437. The molecule has 0 spiro atoms. The molecule has 5 heteroatoms. The molecule has 4 N–H and O–H groups in total. The lowest BCUT2D eigenvalue weighted by molar-refractivity contribution is -0.121. The first kappa shape index (κ1) is 16.6. The van der Waals surface area contributed by atoms with Gasteiger partial charge in [-0.15, -0.1) is 0 Å². The Hall–Kier alpha value is -1.43. The van der Waals surface area contributed by atoms with Gasteiger partial charge in [0.05, 0.1) is 11.6 Å². The van der Waals surface area contributed by atoms with Crippen LogP contribution in [0, 0.1) is 0 Å². The average Bonchev–Trinajstić information content (AvgIpc) is 2.36. The van der Waals surface area contributed by atoms with Crippen LogP contribution in [0.3, 0.4) is 0 Å². The second kappa shape index (κ2) is 6.83. The van der Waals surface area contributed by atoms with Crippen molar-refractivity contribution in [2.24, 2.45) is 5.73 Å². The monoisotopic (exact) mass is 279 g/mol. The van der Waals surface area contributed by atoms with E-state index in [-0.39, 0.29) is 11.9 Å². The number of hydrogen-bond donors (Lipinski definition) is 3. The Labute approximate surface area is 120 Å². The Balaban J connectivity index is 2.60. The van der Waals surface area contributed by atoms with Crippen molar-refractivity contribution >= 4 is 11.6 Å². The number of amides is 1. The highest BCUT2D eigenvalue weighted by atomic mass is 16.3. The zero-order chi connectivity index (χ0) is 15.3. The van der Waals surface area contributed by atoms with Crippen molar-refractivity contribution in [1.82, 2.24) is 4.90 Å². The molecule has 0 aromatic heterocycles. The summed E-state index contributed by atoms with van der Waals surface area (Å²) in [5, 5.41) is 12.6. The van der Waals surface area contributed by atoms with Crippen LogP contribution in [-0.2, 0) is 11.3 Å². The van der Waals surface area contributed by atoms with Gasteiger partial charge in [0.25, 0.3) is 0 Å². The largest absolute Gasteiger partial charge is 0.389 e. The maximum atomic E-state index is 12.1. The Morgan fingerprint density at radius 3 is 2.40 bits per heavy atom. The van der Waals surface area contributed by atoms with Crippen molar-refractivity contribution in [1.29, 1.82) is 0 Å². The van der Waals surface area contributed by atoms with E-state index in [1.54, 1.807) is 13.8 Å². The molecule has 20 heavy (non-hydrogen) atoms. The number of nitrogens with two attached hydrogens (primary N) is 1. The van der Waals surface area contributed by atoms with Crippen LogP contribution < -0.4 is 11.1 Å². The quantitative estimate of drug-likeness (QED) is 0.730. The minimum atomic E-state index is -0.827. The molecule has 1 unspecified atom stereocenters. The molecule has 0 fully saturated rings. The van der Waals surface area contributed by atoms with Crippen molar-refractivity contribution < 1.29 is 9.90 Å². The lowest BCUT2D eigenvalue weighted by Crippen LogP contribution is -2.46. The fourth-order valence-electron chi connectivity index (χ4n) is 1.92. The van der Waals surface area contributed by atoms with Gasteiger partial charge in [0.2, 0.25) is 5.91 Å². The summed E-state index contributed by atoms with van der Waals surface area (Å²) in [6, 6.07) is 7.13. The number of nitrogens with one attached hydrogen (secondary N) is 1. The summed E-state index contributed by atoms with van der Waals surface area (Å²) in [6.07, 6.45) is 0. The highest BCUT2D eigenvalue weighted by Gasteiger charge is 2.23. The number of rotatable bonds is 6. The van der Waals surface area contributed by atoms with Crippen molar-refractivity contribution in [3.8, 4) is 0 Å². The SMILES string of the molecule is CC(C(=O)Nc1ccc(CN)cc1)N(C)CC(C)(C)O. The Kier molecular flexibility index (Phi) is 5.68. The first-order valence-electron chi connectivity index (χ1n) is 6.75. The van der Waals surface area contributed by atoms with E-state index in [0.29, 0.717) is 13.1 Å². The van der Waals surface area contributed by atoms with Crippen molar-refractivity contribution in [2.45, 2.75) is 39.0 Å². The van der Waals surface area contributed by atoms with Gasteiger partial charge in [-0.25, -0.2) is 0 Å². The van der Waals surface area contributed by atoms with Gasteiger partial charge in [-0.1, -0.05) is 12.1 Å². The van der Waals surface area contributed by atoms with E-state index in [1.165, 1.54) is 0 Å². The predicted octanol–water partition coefficient (Wildman–Crippen LogP) is 1.18. The van der Waals surface area contributed by atoms with Crippen LogP contribution in [0.25, 0.3) is 0 Å².